The van der Waals surface area contributed by atoms with E-state index >= 15 is 0 Å². The van der Waals surface area contributed by atoms with E-state index in [1.54, 1.807) is 41.0 Å². The highest BCUT2D eigenvalue weighted by Crippen LogP contribution is 2.37. The molecule has 0 aliphatic carbocycles. The van der Waals surface area contributed by atoms with Crippen molar-refractivity contribution in [3.8, 4) is 34.6 Å². The van der Waals surface area contributed by atoms with Crippen molar-refractivity contribution >= 4 is 28.4 Å². The molecule has 4 aromatic rings. The molecule has 0 aliphatic heterocycles. The number of hydrogen-bond acceptors (Lipinski definition) is 9. The van der Waals surface area contributed by atoms with Crippen molar-refractivity contribution in [2.75, 3.05) is 25.5 Å². The number of pyridine rings is 1. The number of imidazole rings is 1. The van der Waals surface area contributed by atoms with Gasteiger partial charge in [0, 0.05) is 17.3 Å². The van der Waals surface area contributed by atoms with E-state index in [-0.39, 0.29) is 17.1 Å². The number of aromatic nitrogens is 5. The molecule has 12 heteroatoms. The molecule has 0 saturated heterocycles. The van der Waals surface area contributed by atoms with Crippen molar-refractivity contribution in [1.82, 2.24) is 24.5 Å². The number of methoxy groups -OCH3 is 2. The Kier molecular flexibility index (Phi) is 6.14. The molecule has 0 radical (unpaired) electrons. The number of rotatable bonds is 8. The van der Waals surface area contributed by atoms with Gasteiger partial charge in [-0.25, -0.2) is 19.9 Å². The van der Waals surface area contributed by atoms with Gasteiger partial charge in [-0.1, -0.05) is 12.1 Å². The van der Waals surface area contributed by atoms with E-state index in [2.05, 4.69) is 24.7 Å². The van der Waals surface area contributed by atoms with Crippen LogP contribution in [0.2, 0.25) is 0 Å². The Labute approximate surface area is 185 Å². The second kappa shape index (κ2) is 9.16. The first-order chi connectivity index (χ1) is 15.5. The molecular formula is C20H19N6O5S-. The molecule has 1 unspecified atom stereocenters. The summed E-state index contributed by atoms with van der Waals surface area (Å²) in [6, 6.07) is 10.6. The van der Waals surface area contributed by atoms with Gasteiger partial charge in [0.2, 0.25) is 5.88 Å². The van der Waals surface area contributed by atoms with Crippen molar-refractivity contribution in [3.05, 3.63) is 42.6 Å². The summed E-state index contributed by atoms with van der Waals surface area (Å²) in [5, 5.41) is 0. The highest BCUT2D eigenvalue weighted by atomic mass is 32.2. The maximum atomic E-state index is 11.1. The summed E-state index contributed by atoms with van der Waals surface area (Å²) in [5.74, 6) is 1.82. The third kappa shape index (κ3) is 4.05. The van der Waals surface area contributed by atoms with Gasteiger partial charge in [-0.05, 0) is 25.1 Å². The number of anilines is 1. The predicted molar refractivity (Wildman–Crippen MR) is 117 cm³/mol. The van der Waals surface area contributed by atoms with Crippen LogP contribution in [0.1, 0.15) is 6.92 Å². The van der Waals surface area contributed by atoms with Crippen molar-refractivity contribution < 1.29 is 23.0 Å². The average Bonchev–Trinajstić information content (AvgIpc) is 3.17. The SMILES string of the molecule is CCOc1cccc(-c2nc3ncc(NS(=O)[O-])nc3n2-c2c(OC)cccc2OC)n1. The van der Waals surface area contributed by atoms with Gasteiger partial charge in [-0.2, -0.15) is 0 Å². The predicted octanol–water partition coefficient (Wildman–Crippen LogP) is 2.50. The van der Waals surface area contributed by atoms with Crippen LogP contribution in [0, 0.1) is 0 Å². The summed E-state index contributed by atoms with van der Waals surface area (Å²) in [6.07, 6.45) is 1.28. The van der Waals surface area contributed by atoms with E-state index in [1.165, 1.54) is 20.4 Å². The summed E-state index contributed by atoms with van der Waals surface area (Å²) >= 11 is -2.57. The summed E-state index contributed by atoms with van der Waals surface area (Å²) in [4.78, 5) is 17.8. The van der Waals surface area contributed by atoms with Crippen molar-refractivity contribution in [2.45, 2.75) is 6.92 Å². The molecule has 0 saturated carbocycles. The number of nitrogens with one attached hydrogen (secondary N) is 1. The van der Waals surface area contributed by atoms with Crippen molar-refractivity contribution in [3.63, 3.8) is 0 Å². The minimum atomic E-state index is -2.57. The molecule has 0 bridgehead atoms. The van der Waals surface area contributed by atoms with Crippen LogP contribution in [-0.2, 0) is 11.3 Å². The van der Waals surface area contributed by atoms with Gasteiger partial charge < -0.3 is 18.8 Å². The van der Waals surface area contributed by atoms with Crippen LogP contribution in [0.15, 0.2) is 42.6 Å². The first kappa shape index (κ1) is 21.5. The average molecular weight is 455 g/mol. The lowest BCUT2D eigenvalue weighted by Crippen LogP contribution is -2.07. The number of ether oxygens (including phenoxy) is 3. The lowest BCUT2D eigenvalue weighted by molar-refractivity contribution is 0.327. The summed E-state index contributed by atoms with van der Waals surface area (Å²) in [7, 11) is 3.06. The van der Waals surface area contributed by atoms with Gasteiger partial charge in [0.15, 0.2) is 22.9 Å². The Hall–Kier alpha value is -3.77. The third-order valence-corrected chi connectivity index (χ3v) is 4.80. The maximum Gasteiger partial charge on any atom is 0.213 e. The first-order valence-electron chi connectivity index (χ1n) is 9.48. The molecule has 0 amide bonds. The van der Waals surface area contributed by atoms with E-state index in [9.17, 15) is 8.76 Å². The van der Waals surface area contributed by atoms with Crippen molar-refractivity contribution in [2.24, 2.45) is 0 Å². The van der Waals surface area contributed by atoms with Gasteiger partial charge in [0.1, 0.15) is 22.9 Å². The highest BCUT2D eigenvalue weighted by molar-refractivity contribution is 7.80. The molecule has 3 heterocycles. The Morgan fingerprint density at radius 2 is 1.78 bits per heavy atom. The molecule has 0 aliphatic rings. The second-order valence-corrected chi connectivity index (χ2v) is 6.99. The third-order valence-electron chi connectivity index (χ3n) is 4.43. The minimum Gasteiger partial charge on any atom is -0.755 e. The Bertz CT molecular complexity index is 1270. The molecule has 0 spiro atoms. The fourth-order valence-corrected chi connectivity index (χ4v) is 3.46. The first-order valence-corrected chi connectivity index (χ1v) is 10.6. The molecule has 0 fully saturated rings. The minimum absolute atomic E-state index is 0.0309. The standard InChI is InChI=1S/C20H20N6O5S/c1-4-31-16-10-5-7-12(22-16)19-24-18-20(23-15(11-21-18)25-32(27)28)26(19)17-13(29-2)8-6-9-14(17)30-3/h5-11H,4H2,1-3H3,(H,23,25)(H,27,28)/p-1. The van der Waals surface area contributed by atoms with Gasteiger partial charge in [0.05, 0.1) is 27.0 Å². The van der Waals surface area contributed by atoms with Crippen LogP contribution in [0.3, 0.4) is 0 Å². The monoisotopic (exact) mass is 455 g/mol. The number of para-hydroxylation sites is 1. The van der Waals surface area contributed by atoms with Crippen LogP contribution >= 0.6 is 0 Å². The lowest BCUT2D eigenvalue weighted by Gasteiger charge is -2.16. The van der Waals surface area contributed by atoms with Crippen LogP contribution < -0.4 is 18.9 Å². The van der Waals surface area contributed by atoms with Crippen LogP contribution in [0.25, 0.3) is 28.5 Å². The summed E-state index contributed by atoms with van der Waals surface area (Å²) in [6.45, 7) is 2.32. The van der Waals surface area contributed by atoms with Gasteiger partial charge in [0.25, 0.3) is 0 Å². The van der Waals surface area contributed by atoms with Crippen LogP contribution in [-0.4, -0.2) is 54.1 Å². The largest absolute Gasteiger partial charge is 0.755 e. The molecule has 32 heavy (non-hydrogen) atoms. The van der Waals surface area contributed by atoms with E-state index in [1.807, 2.05) is 6.92 Å². The van der Waals surface area contributed by atoms with Gasteiger partial charge >= 0.3 is 0 Å². The fraction of sp³-hybridized carbons (Fsp3) is 0.200. The number of nitrogens with zero attached hydrogens (tertiary/aromatic N) is 5. The zero-order chi connectivity index (χ0) is 22.7. The van der Waals surface area contributed by atoms with E-state index in [0.29, 0.717) is 41.2 Å². The Morgan fingerprint density at radius 1 is 1.06 bits per heavy atom. The lowest BCUT2D eigenvalue weighted by atomic mass is 10.2. The Balaban J connectivity index is 2.06. The van der Waals surface area contributed by atoms with Gasteiger partial charge in [-0.3, -0.25) is 13.5 Å². The Morgan fingerprint density at radius 3 is 2.44 bits per heavy atom. The van der Waals surface area contributed by atoms with E-state index < -0.39 is 11.3 Å². The molecule has 1 atom stereocenters. The normalized spacial score (nSPS) is 11.9. The van der Waals surface area contributed by atoms with Crippen molar-refractivity contribution in [1.29, 1.82) is 0 Å². The number of hydrogen-bond donors (Lipinski definition) is 1. The zero-order valence-corrected chi connectivity index (χ0v) is 18.3. The van der Waals surface area contributed by atoms with E-state index in [0.717, 1.165) is 0 Å². The summed E-state index contributed by atoms with van der Waals surface area (Å²) in [5.41, 5.74) is 1.56. The highest BCUT2D eigenvalue weighted by Gasteiger charge is 2.23. The quantitative estimate of drug-likeness (QED) is 0.397. The molecule has 1 aromatic carbocycles. The van der Waals surface area contributed by atoms with Gasteiger partial charge in [-0.15, -0.1) is 0 Å². The summed E-state index contributed by atoms with van der Waals surface area (Å²) < 4.78 is 42.8. The topological polar surface area (TPSA) is 136 Å². The number of benzene rings is 1. The zero-order valence-electron chi connectivity index (χ0n) is 17.4. The molecular weight excluding hydrogens is 436 g/mol. The molecule has 3 aromatic heterocycles. The van der Waals surface area contributed by atoms with E-state index in [4.69, 9.17) is 14.2 Å². The molecule has 4 rings (SSSR count). The smallest absolute Gasteiger partial charge is 0.213 e. The second-order valence-electron chi connectivity index (χ2n) is 6.32. The van der Waals surface area contributed by atoms with Crippen LogP contribution in [0.4, 0.5) is 5.82 Å². The molecule has 11 nitrogen and oxygen atoms in total. The number of fused-ring (bicyclic) bond motifs is 1. The maximum absolute atomic E-state index is 11.1. The molecule has 166 valence electrons. The molecule has 1 N–H and O–H groups in total. The fourth-order valence-electron chi connectivity index (χ4n) is 3.19. The van der Waals surface area contributed by atoms with Crippen LogP contribution in [0.5, 0.6) is 17.4 Å².